The zero-order valence-electron chi connectivity index (χ0n) is 11.3. The maximum Gasteiger partial charge on any atom is 0.262 e. The van der Waals surface area contributed by atoms with Gasteiger partial charge in [0, 0.05) is 24.3 Å². The predicted octanol–water partition coefficient (Wildman–Crippen LogP) is 3.79. The molecule has 0 heterocycles. The van der Waals surface area contributed by atoms with Crippen molar-refractivity contribution in [1.82, 2.24) is 4.90 Å². The Bertz CT molecular complexity index is 671. The van der Waals surface area contributed by atoms with Gasteiger partial charge >= 0.3 is 0 Å². The molecule has 1 aliphatic carbocycles. The molecular formula is C13H14Cl3NO3S. The maximum absolute atomic E-state index is 12.4. The van der Waals surface area contributed by atoms with Gasteiger partial charge in [-0.25, -0.2) is 8.42 Å². The van der Waals surface area contributed by atoms with Crippen LogP contribution in [0.5, 0.6) is 0 Å². The predicted molar refractivity (Wildman–Crippen MR) is 83.8 cm³/mol. The number of nitrogens with zero attached hydrogens (tertiary/aromatic N) is 1. The molecule has 0 aliphatic heterocycles. The van der Waals surface area contributed by atoms with Crippen LogP contribution in [0.25, 0.3) is 0 Å². The maximum atomic E-state index is 12.4. The van der Waals surface area contributed by atoms with Gasteiger partial charge in [0.25, 0.3) is 15.0 Å². The number of carbonyl (C=O) groups excluding carboxylic acids is 1. The summed E-state index contributed by atoms with van der Waals surface area (Å²) in [5.74, 6) is 0.159. The quantitative estimate of drug-likeness (QED) is 0.758. The van der Waals surface area contributed by atoms with Crippen LogP contribution in [0.2, 0.25) is 10.0 Å². The van der Waals surface area contributed by atoms with E-state index in [0.29, 0.717) is 12.5 Å². The van der Waals surface area contributed by atoms with E-state index in [9.17, 15) is 13.2 Å². The van der Waals surface area contributed by atoms with E-state index in [1.165, 1.54) is 12.5 Å². The van der Waals surface area contributed by atoms with E-state index in [2.05, 4.69) is 0 Å². The van der Waals surface area contributed by atoms with Gasteiger partial charge in [-0.05, 0) is 30.9 Å². The Kier molecular flexibility index (Phi) is 5.08. The third-order valence-electron chi connectivity index (χ3n) is 3.62. The second kappa shape index (κ2) is 6.32. The lowest BCUT2D eigenvalue weighted by molar-refractivity contribution is 0.0745. The Morgan fingerprint density at radius 3 is 2.38 bits per heavy atom. The Morgan fingerprint density at radius 2 is 1.90 bits per heavy atom. The first-order valence-electron chi connectivity index (χ1n) is 6.39. The highest BCUT2D eigenvalue weighted by Crippen LogP contribution is 2.32. The van der Waals surface area contributed by atoms with Crippen LogP contribution < -0.4 is 0 Å². The first kappa shape index (κ1) is 16.9. The average Bonchev–Trinajstić information content (AvgIpc) is 2.31. The highest BCUT2D eigenvalue weighted by Gasteiger charge is 2.25. The van der Waals surface area contributed by atoms with Crippen LogP contribution in [-0.2, 0) is 9.05 Å². The van der Waals surface area contributed by atoms with Gasteiger partial charge < -0.3 is 4.90 Å². The summed E-state index contributed by atoms with van der Waals surface area (Å²) in [5, 5.41) is 0.00252. The molecule has 1 aliphatic rings. The molecule has 0 aromatic heterocycles. The Balaban J connectivity index is 2.31. The number of rotatable bonds is 4. The van der Waals surface area contributed by atoms with Crippen LogP contribution in [0.15, 0.2) is 17.0 Å². The van der Waals surface area contributed by atoms with E-state index in [0.717, 1.165) is 18.9 Å². The smallest absolute Gasteiger partial charge is 0.262 e. The molecule has 4 nitrogen and oxygen atoms in total. The van der Waals surface area contributed by atoms with Crippen LogP contribution in [-0.4, -0.2) is 32.8 Å². The lowest BCUT2D eigenvalue weighted by Crippen LogP contribution is -2.34. The first-order chi connectivity index (χ1) is 9.70. The molecule has 0 radical (unpaired) electrons. The zero-order chi connectivity index (χ0) is 15.8. The Morgan fingerprint density at radius 1 is 1.29 bits per heavy atom. The lowest BCUT2D eigenvalue weighted by Gasteiger charge is -2.30. The number of hydrogen-bond donors (Lipinski definition) is 0. The van der Waals surface area contributed by atoms with Crippen molar-refractivity contribution >= 4 is 48.8 Å². The van der Waals surface area contributed by atoms with Gasteiger partial charge in [0.05, 0.1) is 15.6 Å². The molecule has 0 unspecified atom stereocenters. The molecule has 0 bridgehead atoms. The van der Waals surface area contributed by atoms with Gasteiger partial charge in [-0.1, -0.05) is 29.6 Å². The Hall–Kier alpha value is -0.490. The van der Waals surface area contributed by atoms with Crippen molar-refractivity contribution in [3.63, 3.8) is 0 Å². The van der Waals surface area contributed by atoms with Gasteiger partial charge in [0.2, 0.25) is 0 Å². The van der Waals surface area contributed by atoms with Crippen LogP contribution in [0.4, 0.5) is 0 Å². The van der Waals surface area contributed by atoms with Crippen LogP contribution in [0.1, 0.15) is 29.6 Å². The van der Waals surface area contributed by atoms with Gasteiger partial charge in [0.1, 0.15) is 4.90 Å². The van der Waals surface area contributed by atoms with E-state index in [4.69, 9.17) is 33.9 Å². The molecule has 1 aromatic rings. The van der Waals surface area contributed by atoms with Crippen LogP contribution in [0, 0.1) is 5.92 Å². The van der Waals surface area contributed by atoms with Crippen molar-refractivity contribution in [2.24, 2.45) is 5.92 Å². The van der Waals surface area contributed by atoms with Crippen molar-refractivity contribution in [1.29, 1.82) is 0 Å². The van der Waals surface area contributed by atoms with Crippen LogP contribution >= 0.6 is 33.9 Å². The molecule has 116 valence electrons. The molecular weight excluding hydrogens is 357 g/mol. The Labute approximate surface area is 138 Å². The van der Waals surface area contributed by atoms with Crippen molar-refractivity contribution in [2.45, 2.75) is 24.2 Å². The minimum atomic E-state index is -4.04. The molecule has 8 heteroatoms. The number of halogens is 3. The van der Waals surface area contributed by atoms with Crippen molar-refractivity contribution in [2.75, 3.05) is 13.6 Å². The third-order valence-corrected chi connectivity index (χ3v) is 5.72. The summed E-state index contributed by atoms with van der Waals surface area (Å²) in [6.07, 6.45) is 3.39. The summed E-state index contributed by atoms with van der Waals surface area (Å²) in [4.78, 5) is 13.6. The molecule has 21 heavy (non-hydrogen) atoms. The standard InChI is InChI=1S/C13H14Cl3NO3S/c1-17(7-8-3-2-4-8)13(18)9-5-12(21(16,19)20)11(15)6-10(9)14/h5-6,8H,2-4,7H2,1H3. The van der Waals surface area contributed by atoms with Gasteiger partial charge in [-0.3, -0.25) is 4.79 Å². The summed E-state index contributed by atoms with van der Waals surface area (Å²) in [5.41, 5.74) is 0.0853. The fourth-order valence-corrected chi connectivity index (χ4v) is 4.05. The largest absolute Gasteiger partial charge is 0.341 e. The van der Waals surface area contributed by atoms with E-state index in [1.54, 1.807) is 11.9 Å². The van der Waals surface area contributed by atoms with Crippen LogP contribution in [0.3, 0.4) is 0 Å². The number of amides is 1. The number of benzene rings is 1. The molecule has 1 amide bonds. The fraction of sp³-hybridized carbons (Fsp3) is 0.462. The molecule has 0 N–H and O–H groups in total. The van der Waals surface area contributed by atoms with Gasteiger partial charge in [-0.15, -0.1) is 0 Å². The number of hydrogen-bond acceptors (Lipinski definition) is 3. The minimum absolute atomic E-state index is 0.0853. The van der Waals surface area contributed by atoms with E-state index >= 15 is 0 Å². The number of carbonyl (C=O) groups is 1. The van der Waals surface area contributed by atoms with E-state index in [-0.39, 0.29) is 26.4 Å². The van der Waals surface area contributed by atoms with Gasteiger partial charge in [0.15, 0.2) is 0 Å². The molecule has 1 aromatic carbocycles. The highest BCUT2D eigenvalue weighted by molar-refractivity contribution is 8.13. The van der Waals surface area contributed by atoms with E-state index < -0.39 is 9.05 Å². The topological polar surface area (TPSA) is 54.5 Å². The third kappa shape index (κ3) is 3.83. The normalized spacial score (nSPS) is 15.6. The SMILES string of the molecule is CN(CC1CCC1)C(=O)c1cc(S(=O)(=O)Cl)c(Cl)cc1Cl. The molecule has 0 saturated heterocycles. The second-order valence-corrected chi connectivity index (χ2v) is 8.53. The zero-order valence-corrected chi connectivity index (χ0v) is 14.4. The summed E-state index contributed by atoms with van der Waals surface area (Å²) < 4.78 is 22.9. The molecule has 2 rings (SSSR count). The summed E-state index contributed by atoms with van der Waals surface area (Å²) in [6, 6.07) is 2.36. The summed E-state index contributed by atoms with van der Waals surface area (Å²) in [7, 11) is 2.94. The lowest BCUT2D eigenvalue weighted by atomic mass is 9.85. The minimum Gasteiger partial charge on any atom is -0.341 e. The van der Waals surface area contributed by atoms with Gasteiger partial charge in [-0.2, -0.15) is 0 Å². The van der Waals surface area contributed by atoms with E-state index in [1.807, 2.05) is 0 Å². The second-order valence-electron chi connectivity index (χ2n) is 5.18. The average molecular weight is 371 g/mol. The fourth-order valence-electron chi connectivity index (χ4n) is 2.23. The molecule has 1 saturated carbocycles. The monoisotopic (exact) mass is 369 g/mol. The molecule has 0 spiro atoms. The summed E-state index contributed by atoms with van der Waals surface area (Å²) >= 11 is 11.8. The summed E-state index contributed by atoms with van der Waals surface area (Å²) in [6.45, 7) is 0.626. The molecule has 0 atom stereocenters. The van der Waals surface area contributed by atoms with Crippen molar-refractivity contribution in [3.8, 4) is 0 Å². The first-order valence-corrected chi connectivity index (χ1v) is 9.46. The molecule has 1 fully saturated rings. The van der Waals surface area contributed by atoms with Crippen molar-refractivity contribution < 1.29 is 13.2 Å². The highest BCUT2D eigenvalue weighted by atomic mass is 35.7. The van der Waals surface area contributed by atoms with Crippen molar-refractivity contribution in [3.05, 3.63) is 27.7 Å².